The molecule has 104 valence electrons. The molecule has 2 heterocycles. The van der Waals surface area contributed by atoms with Crippen molar-refractivity contribution in [3.8, 4) is 0 Å². The lowest BCUT2D eigenvalue weighted by Crippen LogP contribution is -2.23. The second-order valence-corrected chi connectivity index (χ2v) is 5.81. The Kier molecular flexibility index (Phi) is 3.63. The van der Waals surface area contributed by atoms with Crippen molar-refractivity contribution in [2.24, 2.45) is 0 Å². The smallest absolute Gasteiger partial charge is 0.246 e. The van der Waals surface area contributed by atoms with Crippen molar-refractivity contribution < 1.29 is 12.8 Å². The molecule has 0 aromatic carbocycles. The van der Waals surface area contributed by atoms with Gasteiger partial charge in [0.05, 0.1) is 6.54 Å². The molecule has 8 heteroatoms. The van der Waals surface area contributed by atoms with E-state index in [1.54, 1.807) is 19.1 Å². The van der Waals surface area contributed by atoms with Crippen LogP contribution in [0.15, 0.2) is 27.6 Å². The Morgan fingerprint density at radius 1 is 1.47 bits per heavy atom. The van der Waals surface area contributed by atoms with Crippen molar-refractivity contribution >= 4 is 15.8 Å². The molecule has 0 aliphatic rings. The highest BCUT2D eigenvalue weighted by Crippen LogP contribution is 2.16. The summed E-state index contributed by atoms with van der Waals surface area (Å²) in [5, 5.41) is 3.91. The molecule has 0 atom stereocenters. The first-order chi connectivity index (χ1) is 8.92. The van der Waals surface area contributed by atoms with E-state index in [9.17, 15) is 8.42 Å². The van der Waals surface area contributed by atoms with E-state index in [1.165, 1.54) is 10.9 Å². The van der Waals surface area contributed by atoms with Crippen molar-refractivity contribution in [3.63, 3.8) is 0 Å². The van der Waals surface area contributed by atoms with Gasteiger partial charge in [-0.1, -0.05) is 0 Å². The number of furan rings is 1. The van der Waals surface area contributed by atoms with Crippen LogP contribution >= 0.6 is 0 Å². The minimum atomic E-state index is -3.69. The van der Waals surface area contributed by atoms with Crippen LogP contribution in [0.3, 0.4) is 0 Å². The second kappa shape index (κ2) is 5.06. The normalized spacial score (nSPS) is 11.9. The highest BCUT2D eigenvalue weighted by molar-refractivity contribution is 7.89. The summed E-state index contributed by atoms with van der Waals surface area (Å²) in [5.41, 5.74) is 5.60. The summed E-state index contributed by atoms with van der Waals surface area (Å²) in [6.45, 7) is 4.27. The minimum Gasteiger partial charge on any atom is -0.465 e. The predicted octanol–water partition coefficient (Wildman–Crippen LogP) is 0.865. The molecule has 0 fully saturated rings. The monoisotopic (exact) mass is 284 g/mol. The van der Waals surface area contributed by atoms with E-state index < -0.39 is 10.0 Å². The molecule has 7 nitrogen and oxygen atoms in total. The van der Waals surface area contributed by atoms with Crippen LogP contribution in [0, 0.1) is 6.92 Å². The SMILES string of the molecule is CCn1cc(S(=O)(=O)NCc2ccc(C)o2)c(N)n1. The first kappa shape index (κ1) is 13.6. The van der Waals surface area contributed by atoms with Crippen molar-refractivity contribution in [2.75, 3.05) is 5.73 Å². The lowest BCUT2D eigenvalue weighted by molar-refractivity contribution is 0.475. The van der Waals surface area contributed by atoms with Crippen molar-refractivity contribution in [3.05, 3.63) is 29.9 Å². The Morgan fingerprint density at radius 2 is 2.21 bits per heavy atom. The van der Waals surface area contributed by atoms with Crippen LogP contribution < -0.4 is 10.5 Å². The molecule has 2 aromatic rings. The van der Waals surface area contributed by atoms with Gasteiger partial charge >= 0.3 is 0 Å². The van der Waals surface area contributed by atoms with Crippen LogP contribution in [0.25, 0.3) is 0 Å². The molecule has 0 radical (unpaired) electrons. The standard InChI is InChI=1S/C11H16N4O3S/c1-3-15-7-10(11(12)14-15)19(16,17)13-6-9-5-4-8(2)18-9/h4-5,7,13H,3,6H2,1-2H3,(H2,12,14). The van der Waals surface area contributed by atoms with Gasteiger partial charge < -0.3 is 10.2 Å². The molecule has 0 saturated heterocycles. The van der Waals surface area contributed by atoms with Gasteiger partial charge in [0.25, 0.3) is 0 Å². The van der Waals surface area contributed by atoms with Gasteiger partial charge in [-0.15, -0.1) is 0 Å². The molecule has 0 saturated carbocycles. The number of nitrogens with two attached hydrogens (primary N) is 1. The number of aromatic nitrogens is 2. The van der Waals surface area contributed by atoms with Crippen LogP contribution in [-0.4, -0.2) is 18.2 Å². The molecule has 0 unspecified atom stereocenters. The third-order valence-electron chi connectivity index (χ3n) is 2.60. The van der Waals surface area contributed by atoms with Crippen LogP contribution in [0.1, 0.15) is 18.4 Å². The number of aryl methyl sites for hydroxylation is 2. The second-order valence-electron chi connectivity index (χ2n) is 4.07. The van der Waals surface area contributed by atoms with E-state index in [2.05, 4.69) is 9.82 Å². The summed E-state index contributed by atoms with van der Waals surface area (Å²) in [7, 11) is -3.69. The van der Waals surface area contributed by atoms with Crippen molar-refractivity contribution in [2.45, 2.75) is 31.8 Å². The summed E-state index contributed by atoms with van der Waals surface area (Å²) in [6.07, 6.45) is 1.41. The van der Waals surface area contributed by atoms with E-state index in [0.717, 1.165) is 5.76 Å². The Morgan fingerprint density at radius 3 is 2.74 bits per heavy atom. The van der Waals surface area contributed by atoms with E-state index >= 15 is 0 Å². The van der Waals surface area contributed by atoms with E-state index in [1.807, 2.05) is 6.92 Å². The fourth-order valence-corrected chi connectivity index (χ4v) is 2.68. The van der Waals surface area contributed by atoms with Gasteiger partial charge in [0.1, 0.15) is 16.4 Å². The molecular weight excluding hydrogens is 268 g/mol. The number of sulfonamides is 1. The summed E-state index contributed by atoms with van der Waals surface area (Å²) in [5.74, 6) is 1.26. The number of hydrogen-bond acceptors (Lipinski definition) is 5. The topological polar surface area (TPSA) is 103 Å². The van der Waals surface area contributed by atoms with Gasteiger partial charge in [0.15, 0.2) is 5.82 Å². The number of nitrogens with zero attached hydrogens (tertiary/aromatic N) is 2. The number of anilines is 1. The van der Waals surface area contributed by atoms with Crippen LogP contribution in [0.4, 0.5) is 5.82 Å². The van der Waals surface area contributed by atoms with Gasteiger partial charge in [-0.2, -0.15) is 5.10 Å². The van der Waals surface area contributed by atoms with Crippen LogP contribution in [-0.2, 0) is 23.1 Å². The van der Waals surface area contributed by atoms with Crippen LogP contribution in [0.2, 0.25) is 0 Å². The fraction of sp³-hybridized carbons (Fsp3) is 0.364. The quantitative estimate of drug-likeness (QED) is 0.847. The first-order valence-electron chi connectivity index (χ1n) is 5.80. The number of hydrogen-bond donors (Lipinski definition) is 2. The number of nitrogen functional groups attached to an aromatic ring is 1. The molecule has 3 N–H and O–H groups in total. The van der Waals surface area contributed by atoms with Gasteiger partial charge in [-0.3, -0.25) is 4.68 Å². The first-order valence-corrected chi connectivity index (χ1v) is 7.28. The lowest BCUT2D eigenvalue weighted by atomic mass is 10.4. The van der Waals surface area contributed by atoms with Gasteiger partial charge in [-0.25, -0.2) is 13.1 Å². The Bertz CT molecular complexity index is 672. The molecule has 19 heavy (non-hydrogen) atoms. The molecule has 0 aliphatic heterocycles. The average molecular weight is 284 g/mol. The van der Waals surface area contributed by atoms with Gasteiger partial charge in [-0.05, 0) is 26.0 Å². The molecule has 2 aromatic heterocycles. The third kappa shape index (κ3) is 2.96. The third-order valence-corrected chi connectivity index (χ3v) is 4.02. The van der Waals surface area contributed by atoms with Crippen molar-refractivity contribution in [1.82, 2.24) is 14.5 Å². The fourth-order valence-electron chi connectivity index (χ4n) is 1.61. The molecule has 0 aliphatic carbocycles. The molecule has 2 rings (SSSR count). The average Bonchev–Trinajstić information content (AvgIpc) is 2.93. The van der Waals surface area contributed by atoms with Gasteiger partial charge in [0, 0.05) is 12.7 Å². The highest BCUT2D eigenvalue weighted by atomic mass is 32.2. The maximum absolute atomic E-state index is 12.1. The van der Waals surface area contributed by atoms with Crippen molar-refractivity contribution in [1.29, 1.82) is 0 Å². The zero-order valence-corrected chi connectivity index (χ0v) is 11.6. The Hall–Kier alpha value is -1.80. The van der Waals surface area contributed by atoms with Crippen LogP contribution in [0.5, 0.6) is 0 Å². The maximum Gasteiger partial charge on any atom is 0.246 e. The van der Waals surface area contributed by atoms with E-state index in [0.29, 0.717) is 12.3 Å². The molecular formula is C11H16N4O3S. The highest BCUT2D eigenvalue weighted by Gasteiger charge is 2.21. The lowest BCUT2D eigenvalue weighted by Gasteiger charge is -2.03. The molecule has 0 spiro atoms. The Balaban J connectivity index is 2.15. The minimum absolute atomic E-state index is 0.00928. The largest absolute Gasteiger partial charge is 0.465 e. The summed E-state index contributed by atoms with van der Waals surface area (Å²) in [6, 6.07) is 3.49. The predicted molar refractivity (Wildman–Crippen MR) is 69.8 cm³/mol. The summed E-state index contributed by atoms with van der Waals surface area (Å²) >= 11 is 0. The number of nitrogens with one attached hydrogen (secondary N) is 1. The molecule has 0 bridgehead atoms. The van der Waals surface area contributed by atoms with E-state index in [4.69, 9.17) is 10.2 Å². The van der Waals surface area contributed by atoms with E-state index in [-0.39, 0.29) is 17.3 Å². The summed E-state index contributed by atoms with van der Waals surface area (Å²) < 4.78 is 33.3. The maximum atomic E-state index is 12.1. The number of rotatable bonds is 5. The zero-order chi connectivity index (χ0) is 14.0. The summed E-state index contributed by atoms with van der Waals surface area (Å²) in [4.78, 5) is -0.0161. The zero-order valence-electron chi connectivity index (χ0n) is 10.8. The van der Waals surface area contributed by atoms with Gasteiger partial charge in [0.2, 0.25) is 10.0 Å². The Labute approximate surface area is 111 Å². The molecule has 0 amide bonds.